The topological polar surface area (TPSA) is 55.6 Å². The maximum absolute atomic E-state index is 12.1. The molecule has 2 heterocycles. The van der Waals surface area contributed by atoms with Crippen molar-refractivity contribution in [1.29, 1.82) is 0 Å². The molecule has 3 atom stereocenters. The SMILES string of the molecule is CC1CCN(C(=O)CCC2CCCCO2)CC1N. The van der Waals surface area contributed by atoms with Crippen LogP contribution in [0.25, 0.3) is 0 Å². The Morgan fingerprint density at radius 3 is 2.89 bits per heavy atom. The van der Waals surface area contributed by atoms with E-state index in [1.807, 2.05) is 4.90 Å². The van der Waals surface area contributed by atoms with Gasteiger partial charge in [0, 0.05) is 32.2 Å². The van der Waals surface area contributed by atoms with E-state index in [0.29, 0.717) is 18.4 Å². The Morgan fingerprint density at radius 1 is 1.39 bits per heavy atom. The number of hydrogen-bond acceptors (Lipinski definition) is 3. The van der Waals surface area contributed by atoms with Crippen molar-refractivity contribution in [2.24, 2.45) is 11.7 Å². The molecule has 0 aromatic carbocycles. The minimum atomic E-state index is 0.147. The zero-order valence-corrected chi connectivity index (χ0v) is 11.4. The lowest BCUT2D eigenvalue weighted by atomic mass is 9.94. The van der Waals surface area contributed by atoms with Gasteiger partial charge in [-0.1, -0.05) is 6.92 Å². The fourth-order valence-electron chi connectivity index (χ4n) is 2.80. The Labute approximate surface area is 110 Å². The largest absolute Gasteiger partial charge is 0.378 e. The first-order valence-corrected chi connectivity index (χ1v) is 7.32. The number of hydrogen-bond donors (Lipinski definition) is 1. The first-order valence-electron chi connectivity index (χ1n) is 7.32. The second-order valence-corrected chi connectivity index (χ2v) is 5.80. The molecule has 18 heavy (non-hydrogen) atoms. The van der Waals surface area contributed by atoms with Crippen LogP contribution in [-0.4, -0.2) is 42.6 Å². The van der Waals surface area contributed by atoms with Crippen molar-refractivity contribution >= 4 is 5.91 Å². The highest BCUT2D eigenvalue weighted by molar-refractivity contribution is 5.76. The molecule has 0 aromatic heterocycles. The molecule has 0 radical (unpaired) electrons. The quantitative estimate of drug-likeness (QED) is 0.831. The van der Waals surface area contributed by atoms with Crippen LogP contribution < -0.4 is 5.73 Å². The summed E-state index contributed by atoms with van der Waals surface area (Å²) in [5.74, 6) is 0.794. The number of ether oxygens (including phenoxy) is 1. The molecule has 0 aromatic rings. The number of amides is 1. The van der Waals surface area contributed by atoms with Crippen molar-refractivity contribution in [1.82, 2.24) is 4.90 Å². The second-order valence-electron chi connectivity index (χ2n) is 5.80. The van der Waals surface area contributed by atoms with Gasteiger partial charge in [0.25, 0.3) is 0 Å². The molecule has 2 N–H and O–H groups in total. The number of likely N-dealkylation sites (tertiary alicyclic amines) is 1. The summed E-state index contributed by atoms with van der Waals surface area (Å²) in [6.07, 6.45) is 6.36. The lowest BCUT2D eigenvalue weighted by molar-refractivity contribution is -0.133. The summed E-state index contributed by atoms with van der Waals surface area (Å²) in [6.45, 7) is 4.64. The number of rotatable bonds is 3. The van der Waals surface area contributed by atoms with Crippen molar-refractivity contribution in [3.8, 4) is 0 Å². The molecule has 104 valence electrons. The molecule has 2 fully saturated rings. The highest BCUT2D eigenvalue weighted by atomic mass is 16.5. The predicted octanol–water partition coefficient (Wildman–Crippen LogP) is 1.53. The van der Waals surface area contributed by atoms with Crippen LogP contribution in [0, 0.1) is 5.92 Å². The van der Waals surface area contributed by atoms with Gasteiger partial charge in [-0.25, -0.2) is 0 Å². The van der Waals surface area contributed by atoms with Crippen LogP contribution >= 0.6 is 0 Å². The Morgan fingerprint density at radius 2 is 2.22 bits per heavy atom. The third kappa shape index (κ3) is 3.69. The summed E-state index contributed by atoms with van der Waals surface area (Å²) >= 11 is 0. The van der Waals surface area contributed by atoms with Gasteiger partial charge in [0.15, 0.2) is 0 Å². The van der Waals surface area contributed by atoms with Crippen LogP contribution in [0.2, 0.25) is 0 Å². The molecule has 2 saturated heterocycles. The first kappa shape index (κ1) is 13.8. The van der Waals surface area contributed by atoms with E-state index in [-0.39, 0.29) is 11.9 Å². The van der Waals surface area contributed by atoms with E-state index in [0.717, 1.165) is 39.0 Å². The van der Waals surface area contributed by atoms with Crippen LogP contribution in [0.3, 0.4) is 0 Å². The number of piperidine rings is 1. The van der Waals surface area contributed by atoms with Crippen molar-refractivity contribution in [2.45, 2.75) is 57.6 Å². The molecule has 2 rings (SSSR count). The average Bonchev–Trinajstić information content (AvgIpc) is 2.40. The summed E-state index contributed by atoms with van der Waals surface area (Å²) < 4.78 is 5.66. The zero-order valence-electron chi connectivity index (χ0n) is 11.4. The van der Waals surface area contributed by atoms with Crippen LogP contribution in [0.1, 0.15) is 45.4 Å². The molecular formula is C14H26N2O2. The van der Waals surface area contributed by atoms with Crippen molar-refractivity contribution in [2.75, 3.05) is 19.7 Å². The Hall–Kier alpha value is -0.610. The monoisotopic (exact) mass is 254 g/mol. The number of carbonyl (C=O) groups is 1. The van der Waals surface area contributed by atoms with Gasteiger partial charge in [-0.05, 0) is 38.0 Å². The Bertz CT molecular complexity index is 277. The molecular weight excluding hydrogens is 228 g/mol. The van der Waals surface area contributed by atoms with Crippen LogP contribution in [0.5, 0.6) is 0 Å². The van der Waals surface area contributed by atoms with Crippen molar-refractivity contribution in [3.63, 3.8) is 0 Å². The molecule has 4 heteroatoms. The Kier molecular flexibility index (Phi) is 5.01. The fourth-order valence-corrected chi connectivity index (χ4v) is 2.80. The molecule has 2 aliphatic heterocycles. The van der Waals surface area contributed by atoms with Crippen LogP contribution in [0.4, 0.5) is 0 Å². The van der Waals surface area contributed by atoms with E-state index >= 15 is 0 Å². The highest BCUT2D eigenvalue weighted by Gasteiger charge is 2.26. The zero-order chi connectivity index (χ0) is 13.0. The molecule has 0 aliphatic carbocycles. The standard InChI is InChI=1S/C14H26N2O2/c1-11-7-8-16(10-13(11)15)14(17)6-5-12-4-2-3-9-18-12/h11-13H,2-10,15H2,1H3. The molecule has 2 aliphatic rings. The van der Waals surface area contributed by atoms with Crippen LogP contribution in [0.15, 0.2) is 0 Å². The van der Waals surface area contributed by atoms with Gasteiger partial charge >= 0.3 is 0 Å². The van der Waals surface area contributed by atoms with E-state index in [9.17, 15) is 4.79 Å². The van der Waals surface area contributed by atoms with E-state index in [4.69, 9.17) is 10.5 Å². The third-order valence-electron chi connectivity index (χ3n) is 4.32. The Balaban J connectivity index is 1.70. The smallest absolute Gasteiger partial charge is 0.222 e. The fraction of sp³-hybridized carbons (Fsp3) is 0.929. The van der Waals surface area contributed by atoms with E-state index in [2.05, 4.69) is 6.92 Å². The maximum Gasteiger partial charge on any atom is 0.222 e. The van der Waals surface area contributed by atoms with Gasteiger partial charge in [0.2, 0.25) is 5.91 Å². The summed E-state index contributed by atoms with van der Waals surface area (Å²) in [5, 5.41) is 0. The van der Waals surface area contributed by atoms with Gasteiger partial charge in [-0.2, -0.15) is 0 Å². The van der Waals surface area contributed by atoms with E-state index in [1.165, 1.54) is 12.8 Å². The summed E-state index contributed by atoms with van der Waals surface area (Å²) in [5.41, 5.74) is 6.03. The van der Waals surface area contributed by atoms with Gasteiger partial charge < -0.3 is 15.4 Å². The predicted molar refractivity (Wildman–Crippen MR) is 71.2 cm³/mol. The van der Waals surface area contributed by atoms with Crippen molar-refractivity contribution < 1.29 is 9.53 Å². The molecule has 3 unspecified atom stereocenters. The molecule has 0 saturated carbocycles. The van der Waals surface area contributed by atoms with Gasteiger partial charge in [-0.15, -0.1) is 0 Å². The third-order valence-corrected chi connectivity index (χ3v) is 4.32. The highest BCUT2D eigenvalue weighted by Crippen LogP contribution is 2.20. The van der Waals surface area contributed by atoms with Crippen LogP contribution in [-0.2, 0) is 9.53 Å². The second kappa shape index (κ2) is 6.53. The summed E-state index contributed by atoms with van der Waals surface area (Å²) in [7, 11) is 0. The van der Waals surface area contributed by atoms with Gasteiger partial charge in [0.05, 0.1) is 6.10 Å². The lowest BCUT2D eigenvalue weighted by Crippen LogP contribution is -2.49. The number of carbonyl (C=O) groups excluding carboxylic acids is 1. The first-order chi connectivity index (χ1) is 8.66. The molecule has 0 spiro atoms. The van der Waals surface area contributed by atoms with Crippen molar-refractivity contribution in [3.05, 3.63) is 0 Å². The maximum atomic E-state index is 12.1. The lowest BCUT2D eigenvalue weighted by Gasteiger charge is -2.35. The average molecular weight is 254 g/mol. The minimum absolute atomic E-state index is 0.147. The minimum Gasteiger partial charge on any atom is -0.378 e. The number of nitrogens with zero attached hydrogens (tertiary/aromatic N) is 1. The van der Waals surface area contributed by atoms with Gasteiger partial charge in [0.1, 0.15) is 0 Å². The van der Waals surface area contributed by atoms with E-state index in [1.54, 1.807) is 0 Å². The molecule has 1 amide bonds. The molecule has 0 bridgehead atoms. The summed E-state index contributed by atoms with van der Waals surface area (Å²) in [4.78, 5) is 14.0. The normalized spacial score (nSPS) is 33.4. The summed E-state index contributed by atoms with van der Waals surface area (Å²) in [6, 6.07) is 0.147. The van der Waals surface area contributed by atoms with E-state index < -0.39 is 0 Å². The molecule has 4 nitrogen and oxygen atoms in total. The van der Waals surface area contributed by atoms with Gasteiger partial charge in [-0.3, -0.25) is 4.79 Å². The number of nitrogens with two attached hydrogens (primary N) is 1.